The molecule has 0 spiro atoms. The fraction of sp³-hybridized carbons (Fsp3) is 0.0476. The van der Waals surface area contributed by atoms with E-state index in [2.05, 4.69) is 15.6 Å². The number of hydrogen-bond acceptors (Lipinski definition) is 5. The molecule has 0 fully saturated rings. The summed E-state index contributed by atoms with van der Waals surface area (Å²) < 4.78 is 18.0. The van der Waals surface area contributed by atoms with E-state index in [9.17, 15) is 18.8 Å². The van der Waals surface area contributed by atoms with Crippen LogP contribution in [0.5, 0.6) is 0 Å². The van der Waals surface area contributed by atoms with E-state index in [-0.39, 0.29) is 28.1 Å². The van der Waals surface area contributed by atoms with Crippen molar-refractivity contribution in [2.24, 2.45) is 0 Å². The summed E-state index contributed by atoms with van der Waals surface area (Å²) in [4.78, 5) is 40.7. The van der Waals surface area contributed by atoms with Crippen LogP contribution in [0.2, 0.25) is 0 Å². The van der Waals surface area contributed by atoms with Crippen molar-refractivity contribution < 1.29 is 23.5 Å². The number of para-hydroxylation sites is 1. The zero-order valence-corrected chi connectivity index (χ0v) is 15.3. The van der Waals surface area contributed by atoms with Crippen molar-refractivity contribution in [2.75, 3.05) is 17.7 Å². The van der Waals surface area contributed by atoms with Crippen LogP contribution in [0.15, 0.2) is 67.0 Å². The van der Waals surface area contributed by atoms with Gasteiger partial charge in [0, 0.05) is 18.1 Å². The number of ether oxygens (including phenoxy) is 1. The molecule has 0 aliphatic rings. The summed E-state index contributed by atoms with van der Waals surface area (Å²) in [6.07, 6.45) is 2.57. The van der Waals surface area contributed by atoms with Crippen LogP contribution in [0.3, 0.4) is 0 Å². The van der Waals surface area contributed by atoms with Gasteiger partial charge in [0.1, 0.15) is 5.82 Å². The number of nitrogens with one attached hydrogen (secondary N) is 2. The van der Waals surface area contributed by atoms with Crippen LogP contribution in [-0.4, -0.2) is 29.9 Å². The van der Waals surface area contributed by atoms with Crippen LogP contribution in [0.4, 0.5) is 15.8 Å². The number of hydrogen-bond donors (Lipinski definition) is 2. The lowest BCUT2D eigenvalue weighted by Crippen LogP contribution is -2.17. The Morgan fingerprint density at radius 1 is 0.897 bits per heavy atom. The Kier molecular flexibility index (Phi) is 5.94. The van der Waals surface area contributed by atoms with Crippen molar-refractivity contribution in [3.05, 3.63) is 89.5 Å². The molecule has 1 heterocycles. The second-order valence-electron chi connectivity index (χ2n) is 5.92. The maximum absolute atomic E-state index is 13.3. The van der Waals surface area contributed by atoms with Gasteiger partial charge in [-0.05, 0) is 36.4 Å². The fourth-order valence-corrected chi connectivity index (χ4v) is 2.53. The highest BCUT2D eigenvalue weighted by Gasteiger charge is 2.16. The van der Waals surface area contributed by atoms with E-state index in [1.165, 1.54) is 55.9 Å². The van der Waals surface area contributed by atoms with Crippen molar-refractivity contribution in [3.8, 4) is 0 Å². The van der Waals surface area contributed by atoms with E-state index in [0.717, 1.165) is 0 Å². The highest BCUT2D eigenvalue weighted by Crippen LogP contribution is 2.18. The molecule has 0 unspecified atom stereocenters. The van der Waals surface area contributed by atoms with Crippen LogP contribution < -0.4 is 10.6 Å². The fourth-order valence-electron chi connectivity index (χ4n) is 2.53. The van der Waals surface area contributed by atoms with Crippen LogP contribution >= 0.6 is 0 Å². The molecule has 8 heteroatoms. The molecule has 0 saturated carbocycles. The maximum atomic E-state index is 13.3. The summed E-state index contributed by atoms with van der Waals surface area (Å²) in [6, 6.07) is 13.1. The van der Waals surface area contributed by atoms with Gasteiger partial charge in [0.2, 0.25) is 0 Å². The number of nitrogens with zero attached hydrogens (tertiary/aromatic N) is 1. The third-order valence-corrected chi connectivity index (χ3v) is 3.93. The Hall–Kier alpha value is -4.07. The summed E-state index contributed by atoms with van der Waals surface area (Å²) in [5.74, 6) is -2.19. The number of esters is 1. The number of methoxy groups -OCH3 is 1. The lowest BCUT2D eigenvalue weighted by atomic mass is 10.1. The molecule has 0 radical (unpaired) electrons. The van der Waals surface area contributed by atoms with Gasteiger partial charge in [0.15, 0.2) is 0 Å². The van der Waals surface area contributed by atoms with Gasteiger partial charge in [-0.25, -0.2) is 9.18 Å². The van der Waals surface area contributed by atoms with E-state index in [0.29, 0.717) is 0 Å². The van der Waals surface area contributed by atoms with Crippen molar-refractivity contribution >= 4 is 29.2 Å². The molecule has 0 aliphatic heterocycles. The normalized spacial score (nSPS) is 10.1. The molecule has 2 aromatic carbocycles. The Morgan fingerprint density at radius 2 is 1.59 bits per heavy atom. The molecule has 2 N–H and O–H groups in total. The molecule has 0 atom stereocenters. The van der Waals surface area contributed by atoms with E-state index in [1.54, 1.807) is 18.2 Å². The summed E-state index contributed by atoms with van der Waals surface area (Å²) in [5.41, 5.74) is 0.951. The second-order valence-corrected chi connectivity index (χ2v) is 5.92. The van der Waals surface area contributed by atoms with Crippen LogP contribution in [0.25, 0.3) is 0 Å². The number of pyridine rings is 1. The SMILES string of the molecule is COC(=O)c1ccccc1NC(=O)c1cncc(C(=O)Nc2cccc(F)c2)c1. The van der Waals surface area contributed by atoms with Crippen molar-refractivity contribution in [2.45, 2.75) is 0 Å². The predicted octanol–water partition coefficient (Wildman–Crippen LogP) is 3.51. The summed E-state index contributed by atoms with van der Waals surface area (Å²) >= 11 is 0. The largest absolute Gasteiger partial charge is 0.465 e. The molecule has 146 valence electrons. The summed E-state index contributed by atoms with van der Waals surface area (Å²) in [5, 5.41) is 5.14. The Balaban J connectivity index is 1.78. The van der Waals surface area contributed by atoms with Crippen molar-refractivity contribution in [1.82, 2.24) is 4.98 Å². The first kappa shape index (κ1) is 19.7. The molecule has 7 nitrogen and oxygen atoms in total. The average Bonchev–Trinajstić information content (AvgIpc) is 2.73. The minimum Gasteiger partial charge on any atom is -0.465 e. The minimum absolute atomic E-state index is 0.108. The molecule has 3 rings (SSSR count). The zero-order valence-electron chi connectivity index (χ0n) is 15.3. The number of amides is 2. The van der Waals surface area contributed by atoms with E-state index < -0.39 is 23.6 Å². The lowest BCUT2D eigenvalue weighted by Gasteiger charge is -2.10. The minimum atomic E-state index is -0.595. The quantitative estimate of drug-likeness (QED) is 0.647. The molecule has 1 aromatic heterocycles. The molecular weight excluding hydrogens is 377 g/mol. The first-order valence-electron chi connectivity index (χ1n) is 8.48. The van der Waals surface area contributed by atoms with Gasteiger partial charge in [0.05, 0.1) is 29.5 Å². The maximum Gasteiger partial charge on any atom is 0.339 e. The molecule has 3 aromatic rings. The number of carbonyl (C=O) groups is 3. The molecular formula is C21H16FN3O4. The molecule has 29 heavy (non-hydrogen) atoms. The Labute approximate surface area is 165 Å². The van der Waals surface area contributed by atoms with Crippen molar-refractivity contribution in [1.29, 1.82) is 0 Å². The predicted molar refractivity (Wildman–Crippen MR) is 104 cm³/mol. The molecule has 0 saturated heterocycles. The third kappa shape index (κ3) is 4.81. The van der Waals surface area contributed by atoms with Gasteiger partial charge in [0.25, 0.3) is 11.8 Å². The smallest absolute Gasteiger partial charge is 0.339 e. The van der Waals surface area contributed by atoms with Crippen LogP contribution in [0.1, 0.15) is 31.1 Å². The Bertz CT molecular complexity index is 1080. The second kappa shape index (κ2) is 8.75. The van der Waals surface area contributed by atoms with E-state index in [1.807, 2.05) is 0 Å². The first-order valence-corrected chi connectivity index (χ1v) is 8.48. The first-order chi connectivity index (χ1) is 14.0. The Morgan fingerprint density at radius 3 is 2.28 bits per heavy atom. The summed E-state index contributed by atoms with van der Waals surface area (Å²) in [7, 11) is 1.24. The monoisotopic (exact) mass is 393 g/mol. The number of aromatic nitrogens is 1. The van der Waals surface area contributed by atoms with Crippen molar-refractivity contribution in [3.63, 3.8) is 0 Å². The lowest BCUT2D eigenvalue weighted by molar-refractivity contribution is 0.0601. The van der Waals surface area contributed by atoms with Gasteiger partial charge in [-0.2, -0.15) is 0 Å². The zero-order chi connectivity index (χ0) is 20.8. The third-order valence-electron chi connectivity index (χ3n) is 3.93. The number of benzene rings is 2. The number of carbonyl (C=O) groups excluding carboxylic acids is 3. The number of halogens is 1. The highest BCUT2D eigenvalue weighted by atomic mass is 19.1. The standard InChI is InChI=1S/C21H16FN3O4/c1-29-21(28)17-7-2-3-8-18(17)25-20(27)14-9-13(11-23-12-14)19(26)24-16-6-4-5-15(22)10-16/h2-12H,1H3,(H,24,26)(H,25,27). The molecule has 0 bridgehead atoms. The van der Waals surface area contributed by atoms with Crippen LogP contribution in [-0.2, 0) is 4.74 Å². The van der Waals surface area contributed by atoms with Crippen LogP contribution in [0, 0.1) is 5.82 Å². The average molecular weight is 393 g/mol. The van der Waals surface area contributed by atoms with Gasteiger partial charge < -0.3 is 15.4 Å². The van der Waals surface area contributed by atoms with Gasteiger partial charge in [-0.15, -0.1) is 0 Å². The number of anilines is 2. The van der Waals surface area contributed by atoms with Gasteiger partial charge in [-0.1, -0.05) is 18.2 Å². The topological polar surface area (TPSA) is 97.4 Å². The van der Waals surface area contributed by atoms with E-state index >= 15 is 0 Å². The van der Waals surface area contributed by atoms with Gasteiger partial charge >= 0.3 is 5.97 Å². The highest BCUT2D eigenvalue weighted by molar-refractivity contribution is 6.10. The summed E-state index contributed by atoms with van der Waals surface area (Å²) in [6.45, 7) is 0. The van der Waals surface area contributed by atoms with E-state index in [4.69, 9.17) is 4.74 Å². The molecule has 2 amide bonds. The van der Waals surface area contributed by atoms with Gasteiger partial charge in [-0.3, -0.25) is 14.6 Å². The number of rotatable bonds is 5. The molecule has 0 aliphatic carbocycles.